The summed E-state index contributed by atoms with van der Waals surface area (Å²) in [5.74, 6) is -2.61. The highest BCUT2D eigenvalue weighted by Crippen LogP contribution is 2.38. The number of alkyl halides is 3. The number of hydrogen-bond donors (Lipinski definition) is 1. The highest BCUT2D eigenvalue weighted by atomic mass is 35.5. The van der Waals surface area contributed by atoms with Gasteiger partial charge >= 0.3 is 12.1 Å². The number of aromatic carboxylic acids is 1. The van der Waals surface area contributed by atoms with E-state index in [1.165, 1.54) is 0 Å². The van der Waals surface area contributed by atoms with Crippen molar-refractivity contribution in [3.05, 3.63) is 57.9 Å². The van der Waals surface area contributed by atoms with Gasteiger partial charge in [0, 0.05) is 0 Å². The first-order valence-corrected chi connectivity index (χ1v) is 6.56. The van der Waals surface area contributed by atoms with Crippen molar-refractivity contribution < 1.29 is 32.2 Å². The van der Waals surface area contributed by atoms with E-state index in [0.29, 0.717) is 6.07 Å². The molecule has 0 spiro atoms. The quantitative estimate of drug-likeness (QED) is 0.766. The average molecular weight is 349 g/mol. The number of hydrogen-bond acceptors (Lipinski definition) is 2. The smallest absolute Gasteiger partial charge is 0.416 e. The number of benzene rings is 2. The standard InChI is InChI=1S/C15H9ClF4O3/c1-7-9(15(18,19)20)3-5-12(13(7)14(21)22)23-11-4-2-8(17)6-10(11)16/h2-6H,1H3,(H,21,22). The van der Waals surface area contributed by atoms with Gasteiger partial charge in [-0.2, -0.15) is 13.2 Å². The Morgan fingerprint density at radius 3 is 2.30 bits per heavy atom. The van der Waals surface area contributed by atoms with Crippen molar-refractivity contribution in [1.29, 1.82) is 0 Å². The van der Waals surface area contributed by atoms with Gasteiger partial charge < -0.3 is 9.84 Å². The zero-order valence-corrected chi connectivity index (χ0v) is 12.3. The number of rotatable bonds is 3. The Morgan fingerprint density at radius 2 is 1.78 bits per heavy atom. The molecule has 0 aliphatic heterocycles. The lowest BCUT2D eigenvalue weighted by atomic mass is 10.0. The van der Waals surface area contributed by atoms with Crippen LogP contribution in [0.15, 0.2) is 30.3 Å². The van der Waals surface area contributed by atoms with Crippen molar-refractivity contribution in [2.24, 2.45) is 0 Å². The van der Waals surface area contributed by atoms with Crippen molar-refractivity contribution in [3.63, 3.8) is 0 Å². The van der Waals surface area contributed by atoms with Crippen molar-refractivity contribution in [3.8, 4) is 11.5 Å². The van der Waals surface area contributed by atoms with E-state index in [1.807, 2.05) is 0 Å². The summed E-state index contributed by atoms with van der Waals surface area (Å²) >= 11 is 5.76. The number of halogens is 5. The minimum absolute atomic E-state index is 0.0743. The summed E-state index contributed by atoms with van der Waals surface area (Å²) in [5.41, 5.74) is -2.20. The van der Waals surface area contributed by atoms with Gasteiger partial charge in [0.1, 0.15) is 22.9 Å². The van der Waals surface area contributed by atoms with Crippen molar-refractivity contribution >= 4 is 17.6 Å². The Labute approximate surface area is 133 Å². The van der Waals surface area contributed by atoms with E-state index in [9.17, 15) is 27.5 Å². The third kappa shape index (κ3) is 3.56. The molecule has 3 nitrogen and oxygen atoms in total. The fraction of sp³-hybridized carbons (Fsp3) is 0.133. The second kappa shape index (κ2) is 6.08. The fourth-order valence-electron chi connectivity index (χ4n) is 2.02. The number of ether oxygens (including phenoxy) is 1. The molecule has 0 aliphatic rings. The Morgan fingerprint density at radius 1 is 1.17 bits per heavy atom. The monoisotopic (exact) mass is 348 g/mol. The van der Waals surface area contributed by atoms with Gasteiger partial charge in [0.25, 0.3) is 0 Å². The molecule has 0 fully saturated rings. The molecule has 0 unspecified atom stereocenters. The number of carbonyl (C=O) groups is 1. The first kappa shape index (κ1) is 17.1. The molecule has 8 heteroatoms. The SMILES string of the molecule is Cc1c(C(F)(F)F)ccc(Oc2ccc(F)cc2Cl)c1C(=O)O. The van der Waals surface area contributed by atoms with Gasteiger partial charge in [-0.25, -0.2) is 9.18 Å². The molecular weight excluding hydrogens is 340 g/mol. The fourth-order valence-corrected chi connectivity index (χ4v) is 2.23. The van der Waals surface area contributed by atoms with Crippen LogP contribution in [0.4, 0.5) is 17.6 Å². The Hall–Kier alpha value is -2.28. The van der Waals surface area contributed by atoms with Gasteiger partial charge in [0.2, 0.25) is 0 Å². The van der Waals surface area contributed by atoms with E-state index in [-0.39, 0.29) is 16.5 Å². The van der Waals surface area contributed by atoms with Crippen molar-refractivity contribution in [2.45, 2.75) is 13.1 Å². The van der Waals surface area contributed by atoms with Crippen molar-refractivity contribution in [1.82, 2.24) is 0 Å². The lowest BCUT2D eigenvalue weighted by Crippen LogP contribution is -2.12. The number of carboxylic acids is 1. The van der Waals surface area contributed by atoms with Crippen LogP contribution >= 0.6 is 11.6 Å². The van der Waals surface area contributed by atoms with E-state index >= 15 is 0 Å². The Bertz CT molecular complexity index is 772. The maximum absolute atomic E-state index is 13.0. The van der Waals surface area contributed by atoms with Gasteiger partial charge in [0.15, 0.2) is 0 Å². The molecule has 0 heterocycles. The molecule has 0 radical (unpaired) electrons. The molecule has 0 aliphatic carbocycles. The first-order valence-electron chi connectivity index (χ1n) is 6.18. The van der Waals surface area contributed by atoms with Gasteiger partial charge in [-0.15, -0.1) is 0 Å². The molecule has 23 heavy (non-hydrogen) atoms. The van der Waals surface area contributed by atoms with E-state index in [0.717, 1.165) is 31.2 Å². The second-order valence-electron chi connectivity index (χ2n) is 4.59. The summed E-state index contributed by atoms with van der Waals surface area (Å²) in [6.45, 7) is 1.03. The van der Waals surface area contributed by atoms with Crippen LogP contribution in [0.5, 0.6) is 11.5 Å². The lowest BCUT2D eigenvalue weighted by Gasteiger charge is -2.16. The maximum Gasteiger partial charge on any atom is 0.416 e. The normalized spacial score (nSPS) is 11.4. The molecule has 2 aromatic carbocycles. The van der Waals surface area contributed by atoms with Crippen molar-refractivity contribution in [2.75, 3.05) is 0 Å². The summed E-state index contributed by atoms with van der Waals surface area (Å²) in [4.78, 5) is 11.3. The van der Waals surface area contributed by atoms with Gasteiger partial charge in [0.05, 0.1) is 10.6 Å². The van der Waals surface area contributed by atoms with E-state index in [2.05, 4.69) is 0 Å². The predicted molar refractivity (Wildman–Crippen MR) is 74.6 cm³/mol. The van der Waals surface area contributed by atoms with E-state index < -0.39 is 34.7 Å². The van der Waals surface area contributed by atoms with Crippen LogP contribution in [0, 0.1) is 12.7 Å². The van der Waals surface area contributed by atoms with Crippen LogP contribution in [0.1, 0.15) is 21.5 Å². The molecule has 2 aromatic rings. The van der Waals surface area contributed by atoms with Gasteiger partial charge in [-0.3, -0.25) is 0 Å². The van der Waals surface area contributed by atoms with Gasteiger partial charge in [-0.05, 0) is 42.8 Å². The molecule has 1 N–H and O–H groups in total. The predicted octanol–water partition coefficient (Wildman–Crippen LogP) is 5.30. The second-order valence-corrected chi connectivity index (χ2v) is 5.00. The molecule has 0 bridgehead atoms. The molecule has 0 amide bonds. The molecule has 0 aromatic heterocycles. The van der Waals surface area contributed by atoms with Crippen LogP contribution in [-0.4, -0.2) is 11.1 Å². The third-order valence-corrected chi connectivity index (χ3v) is 3.36. The van der Waals surface area contributed by atoms with E-state index in [1.54, 1.807) is 0 Å². The highest BCUT2D eigenvalue weighted by molar-refractivity contribution is 6.32. The summed E-state index contributed by atoms with van der Waals surface area (Å²) in [5, 5.41) is 9.05. The molecule has 2 rings (SSSR count). The third-order valence-electron chi connectivity index (χ3n) is 3.06. The van der Waals surface area contributed by atoms with Crippen LogP contribution in [0.3, 0.4) is 0 Å². The van der Waals surface area contributed by atoms with Crippen LogP contribution < -0.4 is 4.74 Å². The largest absolute Gasteiger partial charge is 0.478 e. The zero-order valence-electron chi connectivity index (χ0n) is 11.5. The lowest BCUT2D eigenvalue weighted by molar-refractivity contribution is -0.138. The Kier molecular flexibility index (Phi) is 4.51. The number of carboxylic acid groups (broad SMARTS) is 1. The summed E-state index contributed by atoms with van der Waals surface area (Å²) in [7, 11) is 0. The first-order chi connectivity index (χ1) is 10.6. The topological polar surface area (TPSA) is 46.5 Å². The molecule has 0 atom stereocenters. The Balaban J connectivity index is 2.55. The minimum atomic E-state index is -4.69. The van der Waals surface area contributed by atoms with Crippen LogP contribution in [0.25, 0.3) is 0 Å². The summed E-state index contributed by atoms with van der Waals surface area (Å²) in [6, 6.07) is 4.72. The minimum Gasteiger partial charge on any atom is -0.478 e. The zero-order chi connectivity index (χ0) is 17.4. The highest BCUT2D eigenvalue weighted by Gasteiger charge is 2.35. The summed E-state index contributed by atoms with van der Waals surface area (Å²) < 4.78 is 56.8. The van der Waals surface area contributed by atoms with E-state index in [4.69, 9.17) is 16.3 Å². The average Bonchev–Trinajstić information content (AvgIpc) is 2.40. The maximum atomic E-state index is 13.0. The molecule has 0 saturated heterocycles. The van der Waals surface area contributed by atoms with Crippen LogP contribution in [-0.2, 0) is 6.18 Å². The summed E-state index contributed by atoms with van der Waals surface area (Å²) in [6.07, 6.45) is -4.69. The van der Waals surface area contributed by atoms with Crippen LogP contribution in [0.2, 0.25) is 5.02 Å². The molecule has 122 valence electrons. The molecule has 0 saturated carbocycles. The molecular formula is C15H9ClF4O3. The van der Waals surface area contributed by atoms with Gasteiger partial charge in [-0.1, -0.05) is 11.6 Å².